The standard InChI is InChI=1S/C27H31N3O2/c1-29-15-16-30(25(18-29)20-9-3-2-4-10-20)27(32)23-14-13-22(28-26(31)21-11-12-21)17-24(23)19-7-5-6-8-19/h2-4,7,9-10,13-14,17,21,25H,5-6,8,11-12,15-16,18H2,1H3,(H,28,31)/t25-/m1/s1. The van der Waals surface area contributed by atoms with Crippen molar-refractivity contribution in [2.75, 3.05) is 32.0 Å². The van der Waals surface area contributed by atoms with E-state index in [1.165, 1.54) is 11.1 Å². The maximum absolute atomic E-state index is 13.9. The second-order valence-corrected chi connectivity index (χ2v) is 9.33. The first-order valence-corrected chi connectivity index (χ1v) is 11.8. The van der Waals surface area contributed by atoms with Crippen LogP contribution in [0.15, 0.2) is 54.6 Å². The Kier molecular flexibility index (Phi) is 5.83. The Balaban J connectivity index is 1.47. The zero-order valence-electron chi connectivity index (χ0n) is 18.7. The van der Waals surface area contributed by atoms with Crippen LogP contribution in [0.25, 0.3) is 5.57 Å². The van der Waals surface area contributed by atoms with E-state index >= 15 is 0 Å². The Bertz CT molecular complexity index is 1040. The molecule has 1 heterocycles. The molecule has 3 aliphatic rings. The van der Waals surface area contributed by atoms with Crippen molar-refractivity contribution in [1.29, 1.82) is 0 Å². The highest BCUT2D eigenvalue weighted by Crippen LogP contribution is 2.35. The summed E-state index contributed by atoms with van der Waals surface area (Å²) in [6.07, 6.45) is 7.34. The van der Waals surface area contributed by atoms with Gasteiger partial charge in [0.15, 0.2) is 0 Å². The van der Waals surface area contributed by atoms with Gasteiger partial charge in [0.2, 0.25) is 5.91 Å². The van der Waals surface area contributed by atoms with E-state index in [0.717, 1.165) is 62.0 Å². The molecule has 0 spiro atoms. The van der Waals surface area contributed by atoms with E-state index in [2.05, 4.69) is 35.5 Å². The number of nitrogens with zero attached hydrogens (tertiary/aromatic N) is 2. The number of anilines is 1. The van der Waals surface area contributed by atoms with Crippen LogP contribution in [0.4, 0.5) is 5.69 Å². The molecule has 5 rings (SSSR count). The van der Waals surface area contributed by atoms with Crippen molar-refractivity contribution in [3.63, 3.8) is 0 Å². The number of hydrogen-bond donors (Lipinski definition) is 1. The molecule has 166 valence electrons. The van der Waals surface area contributed by atoms with E-state index in [1.807, 2.05) is 41.3 Å². The lowest BCUT2D eigenvalue weighted by Gasteiger charge is -2.40. The van der Waals surface area contributed by atoms with E-state index in [4.69, 9.17) is 0 Å². The number of allylic oxidation sites excluding steroid dienone is 2. The summed E-state index contributed by atoms with van der Waals surface area (Å²) in [6, 6.07) is 16.2. The van der Waals surface area contributed by atoms with E-state index in [-0.39, 0.29) is 23.8 Å². The molecule has 2 aliphatic carbocycles. The lowest BCUT2D eigenvalue weighted by atomic mass is 9.95. The quantitative estimate of drug-likeness (QED) is 0.748. The highest BCUT2D eigenvalue weighted by atomic mass is 16.2. The van der Waals surface area contributed by atoms with Gasteiger partial charge in [-0.05, 0) is 74.1 Å². The maximum Gasteiger partial charge on any atom is 0.255 e. The van der Waals surface area contributed by atoms with Gasteiger partial charge in [0, 0.05) is 36.8 Å². The molecule has 2 amide bonds. The third-order valence-corrected chi connectivity index (χ3v) is 6.88. The van der Waals surface area contributed by atoms with Gasteiger partial charge in [-0.2, -0.15) is 0 Å². The number of benzene rings is 2. The third kappa shape index (κ3) is 4.35. The summed E-state index contributed by atoms with van der Waals surface area (Å²) in [7, 11) is 2.11. The van der Waals surface area contributed by atoms with Crippen LogP contribution >= 0.6 is 0 Å². The molecule has 0 unspecified atom stereocenters. The topological polar surface area (TPSA) is 52.6 Å². The van der Waals surface area contributed by atoms with Crippen LogP contribution in [0.3, 0.4) is 0 Å². The number of carbonyl (C=O) groups excluding carboxylic acids is 2. The minimum atomic E-state index is 0.0297. The Morgan fingerprint density at radius 2 is 1.84 bits per heavy atom. The second-order valence-electron chi connectivity index (χ2n) is 9.33. The lowest BCUT2D eigenvalue weighted by Crippen LogP contribution is -2.49. The summed E-state index contributed by atoms with van der Waals surface area (Å²) < 4.78 is 0. The molecular weight excluding hydrogens is 398 g/mol. The van der Waals surface area contributed by atoms with Gasteiger partial charge >= 0.3 is 0 Å². The molecule has 0 bridgehead atoms. The first kappa shape index (κ1) is 21.0. The van der Waals surface area contributed by atoms with Gasteiger partial charge in [0.1, 0.15) is 0 Å². The van der Waals surface area contributed by atoms with Gasteiger partial charge < -0.3 is 15.1 Å². The Labute approximate surface area is 190 Å². The molecule has 1 aliphatic heterocycles. The van der Waals surface area contributed by atoms with Crippen LogP contribution in [0.1, 0.15) is 59.6 Å². The molecule has 1 N–H and O–H groups in total. The van der Waals surface area contributed by atoms with Crippen LogP contribution in [0, 0.1) is 5.92 Å². The fourth-order valence-corrected chi connectivity index (χ4v) is 4.86. The van der Waals surface area contributed by atoms with Crippen LogP contribution in [-0.4, -0.2) is 48.3 Å². The van der Waals surface area contributed by atoms with Gasteiger partial charge in [-0.25, -0.2) is 0 Å². The normalized spacial score (nSPS) is 21.3. The molecule has 1 saturated heterocycles. The molecule has 5 nitrogen and oxygen atoms in total. The van der Waals surface area contributed by atoms with E-state index < -0.39 is 0 Å². The molecule has 0 aromatic heterocycles. The maximum atomic E-state index is 13.9. The van der Waals surface area contributed by atoms with Crippen molar-refractivity contribution in [2.24, 2.45) is 5.92 Å². The van der Waals surface area contributed by atoms with Gasteiger partial charge in [-0.3, -0.25) is 9.59 Å². The first-order chi connectivity index (χ1) is 15.6. The molecule has 0 radical (unpaired) electrons. The number of likely N-dealkylation sites (N-methyl/N-ethyl adjacent to an activating group) is 1. The first-order valence-electron chi connectivity index (χ1n) is 11.8. The fourth-order valence-electron chi connectivity index (χ4n) is 4.86. The van der Waals surface area contributed by atoms with Crippen LogP contribution in [0.2, 0.25) is 0 Å². The van der Waals surface area contributed by atoms with Crippen molar-refractivity contribution in [2.45, 2.75) is 38.1 Å². The van der Waals surface area contributed by atoms with Gasteiger partial charge in [-0.1, -0.05) is 36.4 Å². The molecule has 5 heteroatoms. The summed E-state index contributed by atoms with van der Waals surface area (Å²) >= 11 is 0. The van der Waals surface area contributed by atoms with Crippen LogP contribution < -0.4 is 5.32 Å². The monoisotopic (exact) mass is 429 g/mol. The van der Waals surface area contributed by atoms with Crippen molar-refractivity contribution >= 4 is 23.1 Å². The smallest absolute Gasteiger partial charge is 0.255 e. The van der Waals surface area contributed by atoms with E-state index in [0.29, 0.717) is 6.54 Å². The molecule has 2 fully saturated rings. The number of piperazine rings is 1. The minimum Gasteiger partial charge on any atom is -0.329 e. The molecule has 1 saturated carbocycles. The summed E-state index contributed by atoms with van der Waals surface area (Å²) in [6.45, 7) is 2.39. The summed E-state index contributed by atoms with van der Waals surface area (Å²) in [5, 5.41) is 3.06. The highest BCUT2D eigenvalue weighted by Gasteiger charge is 2.33. The van der Waals surface area contributed by atoms with Crippen molar-refractivity contribution in [1.82, 2.24) is 9.80 Å². The summed E-state index contributed by atoms with van der Waals surface area (Å²) in [4.78, 5) is 30.5. The summed E-state index contributed by atoms with van der Waals surface area (Å²) in [5.74, 6) is 0.330. The van der Waals surface area contributed by atoms with E-state index in [9.17, 15) is 9.59 Å². The largest absolute Gasteiger partial charge is 0.329 e. The van der Waals surface area contributed by atoms with Crippen molar-refractivity contribution < 1.29 is 9.59 Å². The predicted octanol–water partition coefficient (Wildman–Crippen LogP) is 4.73. The zero-order valence-corrected chi connectivity index (χ0v) is 18.7. The Morgan fingerprint density at radius 1 is 1.03 bits per heavy atom. The Morgan fingerprint density at radius 3 is 2.56 bits per heavy atom. The second kappa shape index (κ2) is 8.91. The third-order valence-electron chi connectivity index (χ3n) is 6.88. The average molecular weight is 430 g/mol. The molecule has 1 atom stereocenters. The minimum absolute atomic E-state index is 0.0297. The molecule has 32 heavy (non-hydrogen) atoms. The molecular formula is C27H31N3O2. The highest BCUT2D eigenvalue weighted by molar-refractivity contribution is 6.01. The number of amides is 2. The van der Waals surface area contributed by atoms with Crippen LogP contribution in [0.5, 0.6) is 0 Å². The van der Waals surface area contributed by atoms with Crippen LogP contribution in [-0.2, 0) is 4.79 Å². The van der Waals surface area contributed by atoms with Crippen molar-refractivity contribution in [3.8, 4) is 0 Å². The number of carbonyl (C=O) groups is 2. The van der Waals surface area contributed by atoms with Crippen molar-refractivity contribution in [3.05, 3.63) is 71.3 Å². The van der Waals surface area contributed by atoms with Gasteiger partial charge in [0.05, 0.1) is 6.04 Å². The Hall–Kier alpha value is -2.92. The number of nitrogens with one attached hydrogen (secondary N) is 1. The predicted molar refractivity (Wildman–Crippen MR) is 127 cm³/mol. The average Bonchev–Trinajstić information content (AvgIpc) is 3.53. The fraction of sp³-hybridized carbons (Fsp3) is 0.407. The number of hydrogen-bond acceptors (Lipinski definition) is 3. The van der Waals surface area contributed by atoms with Gasteiger partial charge in [-0.15, -0.1) is 0 Å². The SMILES string of the molecule is CN1CCN(C(=O)c2ccc(NC(=O)C3CC3)cc2C2=CCCC2)[C@@H](c2ccccc2)C1. The van der Waals surface area contributed by atoms with E-state index in [1.54, 1.807) is 0 Å². The van der Waals surface area contributed by atoms with Gasteiger partial charge in [0.25, 0.3) is 5.91 Å². The number of rotatable bonds is 5. The zero-order chi connectivity index (χ0) is 22.1. The molecule has 2 aromatic carbocycles. The summed E-state index contributed by atoms with van der Waals surface area (Å²) in [5.41, 5.74) is 4.91. The molecule has 2 aromatic rings. The lowest BCUT2D eigenvalue weighted by molar-refractivity contribution is -0.117.